The summed E-state index contributed by atoms with van der Waals surface area (Å²) in [5, 5.41) is 3.89. The number of allylic oxidation sites excluding steroid dienone is 1. The molecule has 0 fully saturated rings. The molecule has 0 amide bonds. The molecule has 0 saturated heterocycles. The van der Waals surface area contributed by atoms with Crippen molar-refractivity contribution in [3.05, 3.63) is 53.6 Å². The summed E-state index contributed by atoms with van der Waals surface area (Å²) in [7, 11) is 1.70. The van der Waals surface area contributed by atoms with Gasteiger partial charge in [0, 0.05) is 36.7 Å². The van der Waals surface area contributed by atoms with Crippen LogP contribution in [0.1, 0.15) is 32.1 Å². The minimum atomic E-state index is -0.554. The number of hydrogen-bond acceptors (Lipinski definition) is 4. The Labute approximate surface area is 129 Å². The maximum Gasteiger partial charge on any atom is 0.341 e. The van der Waals surface area contributed by atoms with E-state index in [1.807, 2.05) is 18.4 Å². The molecule has 2 aromatic rings. The van der Waals surface area contributed by atoms with E-state index < -0.39 is 5.97 Å². The van der Waals surface area contributed by atoms with Gasteiger partial charge < -0.3 is 9.30 Å². The molecular weight excluding hydrogens is 282 g/mol. The number of Topliss-reactive ketones (excluding diaryl/α,β-unsaturated/α-hetero) is 1. The fourth-order valence-electron chi connectivity index (χ4n) is 2.31. The highest BCUT2D eigenvalue weighted by Gasteiger charge is 2.18. The Morgan fingerprint density at radius 3 is 2.73 bits per heavy atom. The lowest BCUT2D eigenvalue weighted by Gasteiger charge is -2.06. The Kier molecular flexibility index (Phi) is 4.60. The normalized spacial score (nSPS) is 10.5. The molecule has 0 aliphatic heterocycles. The van der Waals surface area contributed by atoms with E-state index in [9.17, 15) is 9.59 Å². The molecule has 0 saturated carbocycles. The zero-order valence-electron chi connectivity index (χ0n) is 13.0. The van der Waals surface area contributed by atoms with Crippen LogP contribution in [-0.2, 0) is 18.3 Å². The van der Waals surface area contributed by atoms with Crippen molar-refractivity contribution in [1.82, 2.24) is 14.3 Å². The lowest BCUT2D eigenvalue weighted by molar-refractivity contribution is 0.0474. The number of hydrogen-bond donors (Lipinski definition) is 0. The van der Waals surface area contributed by atoms with Gasteiger partial charge in [0.2, 0.25) is 5.78 Å². The lowest BCUT2D eigenvalue weighted by atomic mass is 10.1. The molecule has 0 radical (unpaired) electrons. The van der Waals surface area contributed by atoms with Gasteiger partial charge in [-0.1, -0.05) is 6.08 Å². The largest absolute Gasteiger partial charge is 0.454 e. The molecule has 0 unspecified atom stereocenters. The zero-order valence-corrected chi connectivity index (χ0v) is 13.0. The molecule has 0 N–H and O–H groups in total. The van der Waals surface area contributed by atoms with Crippen LogP contribution in [0.3, 0.4) is 0 Å². The van der Waals surface area contributed by atoms with Gasteiger partial charge >= 0.3 is 5.97 Å². The zero-order chi connectivity index (χ0) is 16.3. The topological polar surface area (TPSA) is 66.1 Å². The number of esters is 1. The summed E-state index contributed by atoms with van der Waals surface area (Å²) < 4.78 is 8.54. The first kappa shape index (κ1) is 15.8. The maximum absolute atomic E-state index is 12.2. The summed E-state index contributed by atoms with van der Waals surface area (Å²) in [5.74, 6) is -0.776. The highest BCUT2D eigenvalue weighted by Crippen LogP contribution is 2.16. The second kappa shape index (κ2) is 6.43. The number of carbonyl (C=O) groups is 2. The molecule has 0 aromatic carbocycles. The summed E-state index contributed by atoms with van der Waals surface area (Å²) in [6.45, 7) is 7.85. The quantitative estimate of drug-likeness (QED) is 0.465. The van der Waals surface area contributed by atoms with E-state index in [4.69, 9.17) is 4.74 Å². The standard InChI is InChI=1S/C16H19N3O3/c1-5-6-19-11(2)7-14(12(19)3)15(20)10-22-16(21)13-8-17-18(4)9-13/h5,7-9H,1,6,10H2,2-4H3. The molecule has 0 aliphatic rings. The molecule has 0 aliphatic carbocycles. The summed E-state index contributed by atoms with van der Waals surface area (Å²) >= 11 is 0. The second-order valence-electron chi connectivity index (χ2n) is 5.09. The van der Waals surface area contributed by atoms with Gasteiger partial charge in [0.15, 0.2) is 6.61 Å². The smallest absolute Gasteiger partial charge is 0.341 e. The van der Waals surface area contributed by atoms with Crippen molar-refractivity contribution in [3.8, 4) is 0 Å². The van der Waals surface area contributed by atoms with E-state index >= 15 is 0 Å². The number of rotatable bonds is 6. The maximum atomic E-state index is 12.2. The monoisotopic (exact) mass is 301 g/mol. The van der Waals surface area contributed by atoms with Crippen molar-refractivity contribution >= 4 is 11.8 Å². The SMILES string of the molecule is C=CCn1c(C)cc(C(=O)COC(=O)c2cnn(C)c2)c1C. The molecule has 0 spiro atoms. The molecule has 6 nitrogen and oxygen atoms in total. The third-order valence-corrected chi connectivity index (χ3v) is 3.46. The van der Waals surface area contributed by atoms with Gasteiger partial charge in [-0.3, -0.25) is 9.48 Å². The van der Waals surface area contributed by atoms with Gasteiger partial charge in [0.05, 0.1) is 11.8 Å². The fraction of sp³-hybridized carbons (Fsp3) is 0.312. The third kappa shape index (κ3) is 3.16. The molecule has 2 rings (SSSR count). The van der Waals surface area contributed by atoms with Gasteiger partial charge in [-0.2, -0.15) is 5.10 Å². The van der Waals surface area contributed by atoms with Crippen molar-refractivity contribution in [3.63, 3.8) is 0 Å². The van der Waals surface area contributed by atoms with E-state index in [1.54, 1.807) is 25.4 Å². The fourth-order valence-corrected chi connectivity index (χ4v) is 2.31. The predicted molar refractivity (Wildman–Crippen MR) is 81.9 cm³/mol. The van der Waals surface area contributed by atoms with Crippen molar-refractivity contribution in [1.29, 1.82) is 0 Å². The minimum absolute atomic E-state index is 0.222. The summed E-state index contributed by atoms with van der Waals surface area (Å²) in [6, 6.07) is 1.80. The van der Waals surface area contributed by atoms with Gasteiger partial charge in [0.25, 0.3) is 0 Å². The van der Waals surface area contributed by atoms with E-state index in [2.05, 4.69) is 11.7 Å². The van der Waals surface area contributed by atoms with Crippen molar-refractivity contribution in [2.75, 3.05) is 6.61 Å². The first-order valence-corrected chi connectivity index (χ1v) is 6.90. The van der Waals surface area contributed by atoms with Crippen LogP contribution in [0, 0.1) is 13.8 Å². The highest BCUT2D eigenvalue weighted by molar-refractivity contribution is 6.00. The third-order valence-electron chi connectivity index (χ3n) is 3.46. The van der Waals surface area contributed by atoms with E-state index in [0.717, 1.165) is 11.4 Å². The highest BCUT2D eigenvalue weighted by atomic mass is 16.5. The average Bonchev–Trinajstić information content (AvgIpc) is 3.03. The summed E-state index contributed by atoms with van der Waals surface area (Å²) in [5.41, 5.74) is 2.71. The first-order chi connectivity index (χ1) is 10.4. The number of carbonyl (C=O) groups excluding carboxylic acids is 2. The molecule has 6 heteroatoms. The van der Waals surface area contributed by atoms with Crippen LogP contribution < -0.4 is 0 Å². The molecule has 0 bridgehead atoms. The van der Waals surface area contributed by atoms with Crippen LogP contribution in [0.5, 0.6) is 0 Å². The number of nitrogens with zero attached hydrogens (tertiary/aromatic N) is 3. The van der Waals surface area contributed by atoms with E-state index in [1.165, 1.54) is 10.9 Å². The molecule has 0 atom stereocenters. The van der Waals surface area contributed by atoms with Crippen LogP contribution in [0.4, 0.5) is 0 Å². The molecule has 116 valence electrons. The van der Waals surface area contributed by atoms with Gasteiger partial charge in [-0.25, -0.2) is 4.79 Å². The van der Waals surface area contributed by atoms with E-state index in [-0.39, 0.29) is 12.4 Å². The van der Waals surface area contributed by atoms with Crippen LogP contribution in [0.25, 0.3) is 0 Å². The molecule has 22 heavy (non-hydrogen) atoms. The first-order valence-electron chi connectivity index (χ1n) is 6.90. The number of aromatic nitrogens is 3. The van der Waals surface area contributed by atoms with Crippen LogP contribution >= 0.6 is 0 Å². The molecular formula is C16H19N3O3. The van der Waals surface area contributed by atoms with Crippen LogP contribution in [-0.4, -0.2) is 32.7 Å². The van der Waals surface area contributed by atoms with E-state index in [0.29, 0.717) is 17.7 Å². The minimum Gasteiger partial charge on any atom is -0.454 e. The van der Waals surface area contributed by atoms with Gasteiger partial charge in [0.1, 0.15) is 0 Å². The Balaban J connectivity index is 2.05. The average molecular weight is 301 g/mol. The van der Waals surface area contributed by atoms with Crippen molar-refractivity contribution < 1.29 is 14.3 Å². The van der Waals surface area contributed by atoms with Crippen LogP contribution in [0.15, 0.2) is 31.1 Å². The molecule has 2 heterocycles. The number of aryl methyl sites for hydroxylation is 2. The van der Waals surface area contributed by atoms with Crippen molar-refractivity contribution in [2.45, 2.75) is 20.4 Å². The second-order valence-corrected chi connectivity index (χ2v) is 5.09. The number of ketones is 1. The van der Waals surface area contributed by atoms with Crippen molar-refractivity contribution in [2.24, 2.45) is 7.05 Å². The number of ether oxygens (including phenoxy) is 1. The van der Waals surface area contributed by atoms with Crippen LogP contribution in [0.2, 0.25) is 0 Å². The Bertz CT molecular complexity index is 725. The van der Waals surface area contributed by atoms with Gasteiger partial charge in [-0.15, -0.1) is 6.58 Å². The Morgan fingerprint density at radius 1 is 1.41 bits per heavy atom. The predicted octanol–water partition coefficient (Wildman–Crippen LogP) is 2.06. The Morgan fingerprint density at radius 2 is 2.14 bits per heavy atom. The molecule has 2 aromatic heterocycles. The summed E-state index contributed by atoms with van der Waals surface area (Å²) in [4.78, 5) is 24.0. The Hall–Kier alpha value is -2.63. The lowest BCUT2D eigenvalue weighted by Crippen LogP contribution is -2.14. The summed E-state index contributed by atoms with van der Waals surface area (Å²) in [6.07, 6.45) is 4.72. The van der Waals surface area contributed by atoms with Gasteiger partial charge in [-0.05, 0) is 19.9 Å².